The summed E-state index contributed by atoms with van der Waals surface area (Å²) in [5, 5.41) is 18.4. The minimum atomic E-state index is -5.20. The van der Waals surface area contributed by atoms with Crippen LogP contribution in [0.3, 0.4) is 0 Å². The van der Waals surface area contributed by atoms with Gasteiger partial charge in [-0.15, -0.1) is 0 Å². The second-order valence-corrected chi connectivity index (χ2v) is 12.8. The molecule has 1 aromatic rings. The van der Waals surface area contributed by atoms with Gasteiger partial charge >= 0.3 is 6.09 Å². The number of ether oxygens (including phenoxy) is 1. The fourth-order valence-electron chi connectivity index (χ4n) is 5.29. The summed E-state index contributed by atoms with van der Waals surface area (Å²) in [6, 6.07) is 4.62. The molecule has 1 aliphatic heterocycles. The van der Waals surface area contributed by atoms with Gasteiger partial charge in [0.1, 0.15) is 21.8 Å². The van der Waals surface area contributed by atoms with Crippen molar-refractivity contribution in [3.63, 3.8) is 0 Å². The molecule has 218 valence electrons. The molecule has 13 heteroatoms. The van der Waals surface area contributed by atoms with Gasteiger partial charge in [-0.1, -0.05) is 37.6 Å². The molecule has 1 unspecified atom stereocenters. The molecule has 2 aliphatic rings. The minimum absolute atomic E-state index is 0.0530. The third-order valence-electron chi connectivity index (χ3n) is 7.25. The van der Waals surface area contributed by atoms with Crippen LogP contribution in [0.25, 0.3) is 0 Å². The Balaban J connectivity index is 1.72. The van der Waals surface area contributed by atoms with E-state index in [1.54, 1.807) is 12.1 Å². The first-order valence-electron chi connectivity index (χ1n) is 13.2. The van der Waals surface area contributed by atoms with Crippen molar-refractivity contribution in [1.29, 1.82) is 0 Å². The van der Waals surface area contributed by atoms with Gasteiger partial charge < -0.3 is 30.3 Å². The van der Waals surface area contributed by atoms with Crippen LogP contribution in [0, 0.1) is 11.8 Å². The van der Waals surface area contributed by atoms with Crippen LogP contribution in [0.4, 0.5) is 4.79 Å². The van der Waals surface area contributed by atoms with Crippen molar-refractivity contribution in [2.45, 2.75) is 88.3 Å². The summed E-state index contributed by atoms with van der Waals surface area (Å²) >= 11 is 5.99. The molecule has 3 rings (SSSR count). The van der Waals surface area contributed by atoms with E-state index in [9.17, 15) is 32.5 Å². The Morgan fingerprint density at radius 2 is 1.85 bits per heavy atom. The molecular formula is C26H37ClN3O8S-. The van der Waals surface area contributed by atoms with Crippen LogP contribution in [0.1, 0.15) is 64.4 Å². The number of carbonyl (C=O) groups excluding carboxylic acids is 3. The largest absolute Gasteiger partial charge is 0.746 e. The molecule has 0 radical (unpaired) electrons. The van der Waals surface area contributed by atoms with Crippen LogP contribution in [-0.2, 0) is 30.9 Å². The van der Waals surface area contributed by atoms with E-state index in [0.29, 0.717) is 37.3 Å². The van der Waals surface area contributed by atoms with Gasteiger partial charge in [0.2, 0.25) is 11.8 Å². The molecule has 0 aromatic heterocycles. The second-order valence-electron chi connectivity index (χ2n) is 10.9. The Morgan fingerprint density at radius 3 is 2.38 bits per heavy atom. The average molecular weight is 587 g/mol. The fraction of sp³-hybridized carbons (Fsp3) is 0.654. The molecule has 1 saturated heterocycles. The highest BCUT2D eigenvalue weighted by atomic mass is 35.5. The van der Waals surface area contributed by atoms with E-state index in [4.69, 9.17) is 16.3 Å². The number of benzene rings is 1. The summed E-state index contributed by atoms with van der Waals surface area (Å²) in [4.78, 5) is 38.3. The van der Waals surface area contributed by atoms with E-state index < -0.39 is 51.2 Å². The number of amides is 3. The lowest BCUT2D eigenvalue weighted by molar-refractivity contribution is -0.126. The summed E-state index contributed by atoms with van der Waals surface area (Å²) in [5.74, 6) is -1.87. The molecule has 11 nitrogen and oxygen atoms in total. The van der Waals surface area contributed by atoms with Gasteiger partial charge in [-0.05, 0) is 68.6 Å². The Morgan fingerprint density at radius 1 is 1.21 bits per heavy atom. The van der Waals surface area contributed by atoms with Crippen LogP contribution in [0.5, 0.6) is 0 Å². The van der Waals surface area contributed by atoms with Crippen molar-refractivity contribution in [3.05, 3.63) is 34.9 Å². The zero-order valence-corrected chi connectivity index (χ0v) is 23.7. The molecule has 4 N–H and O–H groups in total. The predicted octanol–water partition coefficient (Wildman–Crippen LogP) is 2.21. The number of carbonyl (C=O) groups is 3. The van der Waals surface area contributed by atoms with Crippen molar-refractivity contribution < 1.29 is 37.2 Å². The summed E-state index contributed by atoms with van der Waals surface area (Å²) in [6.07, 6.45) is 3.07. The van der Waals surface area contributed by atoms with Crippen LogP contribution in [-0.4, -0.2) is 65.7 Å². The van der Waals surface area contributed by atoms with E-state index in [1.807, 2.05) is 26.0 Å². The lowest BCUT2D eigenvalue weighted by Crippen LogP contribution is -2.55. The Bertz CT molecular complexity index is 1120. The maximum atomic E-state index is 13.2. The molecule has 1 aromatic carbocycles. The molecule has 0 bridgehead atoms. The number of halogens is 1. The van der Waals surface area contributed by atoms with Gasteiger partial charge in [-0.2, -0.15) is 0 Å². The first kappa shape index (κ1) is 31.1. The number of alkyl carbamates (subject to hydrolysis) is 1. The van der Waals surface area contributed by atoms with Gasteiger partial charge in [0, 0.05) is 23.9 Å². The number of rotatable bonds is 12. The molecule has 1 saturated carbocycles. The second kappa shape index (κ2) is 13.3. The highest BCUT2D eigenvalue weighted by molar-refractivity contribution is 7.86. The molecule has 3 amide bonds. The number of aliphatic hydroxyl groups excluding tert-OH is 1. The SMILES string of the molecule is CC(C)C[C@H](NC(=O)OC1(Cc2ccc(Cl)cc2)CCCC1)C(=O)N[C@@H](C[C@@H]1CCNC1=O)C(O)S(=O)(=O)[O-]. The van der Waals surface area contributed by atoms with Crippen molar-refractivity contribution in [2.75, 3.05) is 6.54 Å². The zero-order chi connectivity index (χ0) is 28.8. The lowest BCUT2D eigenvalue weighted by atomic mass is 9.92. The Labute approximate surface area is 234 Å². The average Bonchev–Trinajstić information content (AvgIpc) is 3.47. The highest BCUT2D eigenvalue weighted by Gasteiger charge is 2.40. The molecule has 1 aliphatic carbocycles. The summed E-state index contributed by atoms with van der Waals surface area (Å²) < 4.78 is 40.6. The van der Waals surface area contributed by atoms with Crippen molar-refractivity contribution in [2.24, 2.45) is 11.8 Å². The maximum Gasteiger partial charge on any atom is 0.408 e. The smallest absolute Gasteiger partial charge is 0.408 e. The number of hydrogen-bond acceptors (Lipinski definition) is 8. The highest BCUT2D eigenvalue weighted by Crippen LogP contribution is 2.36. The molecule has 2 fully saturated rings. The van der Waals surface area contributed by atoms with E-state index in [1.165, 1.54) is 0 Å². The summed E-state index contributed by atoms with van der Waals surface area (Å²) in [7, 11) is -5.20. The topological polar surface area (TPSA) is 174 Å². The predicted molar refractivity (Wildman–Crippen MR) is 143 cm³/mol. The standard InChI is InChI=1S/C26H38ClN3O8S/c1-16(2)13-20(23(32)29-21(24(33)39(35,36)37)14-18-9-12-28-22(18)31)30-25(34)38-26(10-3-4-11-26)15-17-5-7-19(27)8-6-17/h5-8,16,18,20-21,24,33H,3-4,9-15H2,1-2H3,(H,28,31)(H,29,32)(H,30,34)(H,35,36,37)/p-1/t18-,20-,21-,24?/m0/s1. The Hall–Kier alpha value is -2.41. The normalized spacial score (nSPS) is 21.2. The third kappa shape index (κ3) is 9.06. The van der Waals surface area contributed by atoms with E-state index in [0.717, 1.165) is 18.4 Å². The maximum absolute atomic E-state index is 13.2. The van der Waals surface area contributed by atoms with Crippen LogP contribution < -0.4 is 16.0 Å². The summed E-state index contributed by atoms with van der Waals surface area (Å²) in [6.45, 7) is 4.04. The number of hydrogen-bond donors (Lipinski definition) is 4. The first-order chi connectivity index (χ1) is 18.3. The molecule has 4 atom stereocenters. The van der Waals surface area contributed by atoms with Gasteiger partial charge in [0.25, 0.3) is 0 Å². The number of aliphatic hydroxyl groups is 1. The van der Waals surface area contributed by atoms with Crippen molar-refractivity contribution >= 4 is 39.6 Å². The lowest BCUT2D eigenvalue weighted by Gasteiger charge is -2.32. The quantitative estimate of drug-likeness (QED) is 0.270. The van der Waals surface area contributed by atoms with Gasteiger partial charge in [-0.25, -0.2) is 13.2 Å². The number of nitrogens with one attached hydrogen (secondary N) is 3. The Kier molecular flexibility index (Phi) is 10.6. The van der Waals surface area contributed by atoms with E-state index in [2.05, 4.69) is 16.0 Å². The molecular weight excluding hydrogens is 550 g/mol. The van der Waals surface area contributed by atoms with E-state index in [-0.39, 0.29) is 24.7 Å². The summed E-state index contributed by atoms with van der Waals surface area (Å²) in [5.41, 5.74) is -2.25. The molecule has 39 heavy (non-hydrogen) atoms. The van der Waals surface area contributed by atoms with E-state index >= 15 is 0 Å². The monoisotopic (exact) mass is 586 g/mol. The van der Waals surface area contributed by atoms with Crippen LogP contribution in [0.15, 0.2) is 24.3 Å². The third-order valence-corrected chi connectivity index (χ3v) is 8.42. The van der Waals surface area contributed by atoms with Crippen LogP contribution in [0.2, 0.25) is 5.02 Å². The zero-order valence-electron chi connectivity index (χ0n) is 22.2. The van der Waals surface area contributed by atoms with Gasteiger partial charge in [-0.3, -0.25) is 9.59 Å². The van der Waals surface area contributed by atoms with Gasteiger partial charge in [0.15, 0.2) is 5.44 Å². The fourth-order valence-corrected chi connectivity index (χ4v) is 5.99. The minimum Gasteiger partial charge on any atom is -0.746 e. The van der Waals surface area contributed by atoms with Crippen molar-refractivity contribution in [1.82, 2.24) is 16.0 Å². The first-order valence-corrected chi connectivity index (χ1v) is 15.1. The molecule has 1 heterocycles. The van der Waals surface area contributed by atoms with Crippen LogP contribution >= 0.6 is 11.6 Å². The molecule has 0 spiro atoms. The van der Waals surface area contributed by atoms with Gasteiger partial charge in [0.05, 0.1) is 6.04 Å². The van der Waals surface area contributed by atoms with Crippen molar-refractivity contribution in [3.8, 4) is 0 Å².